The van der Waals surface area contributed by atoms with Gasteiger partial charge in [-0.2, -0.15) is 0 Å². The number of hydrogen-bond acceptors (Lipinski definition) is 2. The summed E-state index contributed by atoms with van der Waals surface area (Å²) in [5, 5.41) is 3.02. The van der Waals surface area contributed by atoms with Crippen molar-refractivity contribution in [3.8, 4) is 0 Å². The molecule has 2 aliphatic heterocycles. The van der Waals surface area contributed by atoms with Crippen LogP contribution in [0.15, 0.2) is 54.6 Å². The van der Waals surface area contributed by atoms with Gasteiger partial charge in [0.1, 0.15) is 5.82 Å². The molecular weight excluding hydrogens is 377 g/mol. The number of hydrogen-bond donors (Lipinski definition) is 1. The summed E-state index contributed by atoms with van der Waals surface area (Å²) in [5.74, 6) is 0.998. The predicted octanol–water partition coefficient (Wildman–Crippen LogP) is 5.02. The van der Waals surface area contributed by atoms with Crippen molar-refractivity contribution in [2.45, 2.75) is 32.1 Å². The van der Waals surface area contributed by atoms with Crippen LogP contribution in [0.5, 0.6) is 0 Å². The molecule has 30 heavy (non-hydrogen) atoms. The number of urea groups is 1. The summed E-state index contributed by atoms with van der Waals surface area (Å²) in [7, 11) is 0. The van der Waals surface area contributed by atoms with Crippen LogP contribution in [0.1, 0.15) is 31.2 Å². The molecule has 2 saturated heterocycles. The van der Waals surface area contributed by atoms with Gasteiger partial charge in [-0.25, -0.2) is 9.18 Å². The number of likely N-dealkylation sites (tertiary alicyclic amines) is 2. The minimum Gasteiger partial charge on any atom is -0.324 e. The Labute approximate surface area is 179 Å². The molecule has 1 unspecified atom stereocenters. The van der Waals surface area contributed by atoms with Crippen molar-refractivity contribution in [3.63, 3.8) is 0 Å². The highest BCUT2D eigenvalue weighted by molar-refractivity contribution is 5.89. The third-order valence-electron chi connectivity index (χ3n) is 6.39. The Kier molecular flexibility index (Phi) is 7.00. The first-order chi connectivity index (χ1) is 14.7. The predicted molar refractivity (Wildman–Crippen MR) is 119 cm³/mol. The summed E-state index contributed by atoms with van der Waals surface area (Å²) < 4.78 is 13.2. The second-order valence-corrected chi connectivity index (χ2v) is 8.85. The number of rotatable bonds is 5. The maximum absolute atomic E-state index is 13.2. The van der Waals surface area contributed by atoms with Gasteiger partial charge in [0.2, 0.25) is 0 Å². The molecule has 2 aliphatic rings. The molecule has 2 heterocycles. The number of piperidine rings is 2. The number of carbonyl (C=O) groups excluding carboxylic acids is 1. The maximum atomic E-state index is 13.2. The summed E-state index contributed by atoms with van der Waals surface area (Å²) in [6.07, 6.45) is 5.74. The van der Waals surface area contributed by atoms with Crippen LogP contribution < -0.4 is 5.32 Å². The zero-order valence-corrected chi connectivity index (χ0v) is 17.6. The normalized spacial score (nSPS) is 22.6. The Bertz CT molecular complexity index is 811. The Hall–Kier alpha value is -2.40. The molecule has 2 aromatic carbocycles. The van der Waals surface area contributed by atoms with E-state index in [2.05, 4.69) is 10.2 Å². The van der Waals surface area contributed by atoms with Crippen molar-refractivity contribution in [3.05, 3.63) is 66.0 Å². The van der Waals surface area contributed by atoms with E-state index < -0.39 is 0 Å². The van der Waals surface area contributed by atoms with Crippen molar-refractivity contribution in [1.29, 1.82) is 0 Å². The molecule has 0 spiro atoms. The van der Waals surface area contributed by atoms with E-state index in [9.17, 15) is 9.18 Å². The lowest BCUT2D eigenvalue weighted by Crippen LogP contribution is -2.47. The van der Waals surface area contributed by atoms with Gasteiger partial charge in [-0.05, 0) is 80.3 Å². The smallest absolute Gasteiger partial charge is 0.321 e. The molecule has 4 rings (SSSR count). The Balaban J connectivity index is 1.27. The lowest BCUT2D eigenvalue weighted by atomic mass is 9.90. The highest BCUT2D eigenvalue weighted by Crippen LogP contribution is 2.24. The third-order valence-corrected chi connectivity index (χ3v) is 6.39. The Morgan fingerprint density at radius 2 is 1.67 bits per heavy atom. The fourth-order valence-corrected chi connectivity index (χ4v) is 4.93. The van der Waals surface area contributed by atoms with Crippen LogP contribution in [0.3, 0.4) is 0 Å². The van der Waals surface area contributed by atoms with Crippen molar-refractivity contribution in [2.24, 2.45) is 11.8 Å². The van der Waals surface area contributed by atoms with Gasteiger partial charge in [-0.15, -0.1) is 0 Å². The van der Waals surface area contributed by atoms with Crippen LogP contribution in [0.25, 0.3) is 0 Å². The van der Waals surface area contributed by atoms with Crippen LogP contribution in [0.2, 0.25) is 0 Å². The highest BCUT2D eigenvalue weighted by atomic mass is 19.1. The molecule has 160 valence electrons. The van der Waals surface area contributed by atoms with Crippen LogP contribution >= 0.6 is 0 Å². The number of amides is 2. The van der Waals surface area contributed by atoms with Gasteiger partial charge in [-0.3, -0.25) is 0 Å². The maximum Gasteiger partial charge on any atom is 0.321 e. The number of halogens is 1. The summed E-state index contributed by atoms with van der Waals surface area (Å²) >= 11 is 0. The minimum absolute atomic E-state index is 0.0127. The van der Waals surface area contributed by atoms with Crippen molar-refractivity contribution in [1.82, 2.24) is 9.80 Å². The second-order valence-electron chi connectivity index (χ2n) is 8.85. The van der Waals surface area contributed by atoms with Gasteiger partial charge in [0, 0.05) is 31.9 Å². The van der Waals surface area contributed by atoms with E-state index in [1.54, 1.807) is 12.1 Å². The molecule has 5 heteroatoms. The monoisotopic (exact) mass is 409 g/mol. The molecule has 2 amide bonds. The zero-order chi connectivity index (χ0) is 20.8. The second kappa shape index (κ2) is 10.1. The third kappa shape index (κ3) is 5.82. The first-order valence-electron chi connectivity index (χ1n) is 11.2. The standard InChI is InChI=1S/C25H32FN3O/c26-23-12-10-20(11-13-23)16-21-6-4-14-28(17-21)18-22-7-5-15-29(19-22)25(30)27-24-8-2-1-3-9-24/h1-3,8-13,21-22H,4-7,14-19H2,(H,27,30)/t21-,22?/m0/s1. The van der Waals surface area contributed by atoms with Crippen molar-refractivity contribution < 1.29 is 9.18 Å². The largest absolute Gasteiger partial charge is 0.324 e. The van der Waals surface area contributed by atoms with E-state index in [0.717, 1.165) is 51.3 Å². The van der Waals surface area contributed by atoms with Gasteiger partial charge in [-0.1, -0.05) is 30.3 Å². The van der Waals surface area contributed by atoms with E-state index in [1.807, 2.05) is 47.4 Å². The van der Waals surface area contributed by atoms with Gasteiger partial charge >= 0.3 is 6.03 Å². The molecular formula is C25H32FN3O. The fraction of sp³-hybridized carbons (Fsp3) is 0.480. The molecule has 0 aromatic heterocycles. The SMILES string of the molecule is O=C(Nc1ccccc1)N1CCCC(CN2CCC[C@@H](Cc3ccc(F)cc3)C2)C1. The molecule has 2 aromatic rings. The van der Waals surface area contributed by atoms with Crippen LogP contribution in [0.4, 0.5) is 14.9 Å². The van der Waals surface area contributed by atoms with Gasteiger partial charge in [0.05, 0.1) is 0 Å². The lowest BCUT2D eigenvalue weighted by molar-refractivity contribution is 0.115. The zero-order valence-electron chi connectivity index (χ0n) is 17.6. The van der Waals surface area contributed by atoms with Crippen LogP contribution in [0, 0.1) is 17.7 Å². The number of carbonyl (C=O) groups is 1. The van der Waals surface area contributed by atoms with Crippen molar-refractivity contribution in [2.75, 3.05) is 38.0 Å². The molecule has 1 N–H and O–H groups in total. The number of benzene rings is 2. The average Bonchev–Trinajstić information content (AvgIpc) is 2.76. The van der Waals surface area contributed by atoms with E-state index >= 15 is 0 Å². The number of nitrogens with zero attached hydrogens (tertiary/aromatic N) is 2. The van der Waals surface area contributed by atoms with Crippen molar-refractivity contribution >= 4 is 11.7 Å². The molecule has 0 aliphatic carbocycles. The van der Waals surface area contributed by atoms with E-state index in [4.69, 9.17) is 0 Å². The first kappa shape index (κ1) is 20.9. The summed E-state index contributed by atoms with van der Waals surface area (Å²) in [6.45, 7) is 4.98. The van der Waals surface area contributed by atoms with Gasteiger partial charge in [0.25, 0.3) is 0 Å². The molecule has 4 nitrogen and oxygen atoms in total. The molecule has 2 fully saturated rings. The quantitative estimate of drug-likeness (QED) is 0.752. The van der Waals surface area contributed by atoms with E-state index in [1.165, 1.54) is 24.8 Å². The number of para-hydroxylation sites is 1. The minimum atomic E-state index is -0.165. The molecule has 0 bridgehead atoms. The van der Waals surface area contributed by atoms with E-state index in [0.29, 0.717) is 11.8 Å². The average molecular weight is 410 g/mol. The van der Waals surface area contributed by atoms with Crippen LogP contribution in [-0.2, 0) is 6.42 Å². The molecule has 0 saturated carbocycles. The van der Waals surface area contributed by atoms with Crippen LogP contribution in [-0.4, -0.2) is 48.6 Å². The Morgan fingerprint density at radius 1 is 0.933 bits per heavy atom. The lowest BCUT2D eigenvalue weighted by Gasteiger charge is -2.38. The topological polar surface area (TPSA) is 35.6 Å². The number of anilines is 1. The molecule has 0 radical (unpaired) electrons. The fourth-order valence-electron chi connectivity index (χ4n) is 4.93. The summed E-state index contributed by atoms with van der Waals surface area (Å²) in [5.41, 5.74) is 2.08. The van der Waals surface area contributed by atoms with E-state index in [-0.39, 0.29) is 11.8 Å². The van der Waals surface area contributed by atoms with Gasteiger partial charge < -0.3 is 15.1 Å². The molecule has 2 atom stereocenters. The first-order valence-corrected chi connectivity index (χ1v) is 11.2. The Morgan fingerprint density at radius 3 is 2.47 bits per heavy atom. The summed E-state index contributed by atoms with van der Waals surface area (Å²) in [4.78, 5) is 17.2. The summed E-state index contributed by atoms with van der Waals surface area (Å²) in [6, 6.07) is 16.6. The highest BCUT2D eigenvalue weighted by Gasteiger charge is 2.27. The van der Waals surface area contributed by atoms with Gasteiger partial charge in [0.15, 0.2) is 0 Å². The number of nitrogens with one attached hydrogen (secondary N) is 1.